The lowest BCUT2D eigenvalue weighted by molar-refractivity contribution is -0.137. The molecule has 1 heterocycles. The average molecular weight is 318 g/mol. The Labute approximate surface area is 135 Å². The van der Waals surface area contributed by atoms with Crippen LogP contribution in [0.2, 0.25) is 0 Å². The maximum absolute atomic E-state index is 12.0. The maximum atomic E-state index is 12.0. The maximum Gasteiger partial charge on any atom is 0.303 e. The zero-order valence-electron chi connectivity index (χ0n) is 13.2. The van der Waals surface area contributed by atoms with Gasteiger partial charge in [0.2, 0.25) is 11.8 Å². The molecule has 0 saturated carbocycles. The molecule has 1 aliphatic heterocycles. The Hall–Kier alpha value is -2.37. The quantitative estimate of drug-likeness (QED) is 0.743. The van der Waals surface area contributed by atoms with Gasteiger partial charge in [0.05, 0.1) is 5.92 Å². The molecular weight excluding hydrogens is 296 g/mol. The van der Waals surface area contributed by atoms with E-state index in [4.69, 9.17) is 5.11 Å². The van der Waals surface area contributed by atoms with Gasteiger partial charge in [-0.15, -0.1) is 0 Å². The summed E-state index contributed by atoms with van der Waals surface area (Å²) < 4.78 is 0. The molecule has 1 fully saturated rings. The van der Waals surface area contributed by atoms with Crippen LogP contribution in [0.15, 0.2) is 24.3 Å². The monoisotopic (exact) mass is 318 g/mol. The van der Waals surface area contributed by atoms with Crippen molar-refractivity contribution in [1.82, 2.24) is 10.2 Å². The highest BCUT2D eigenvalue weighted by atomic mass is 16.4. The topological polar surface area (TPSA) is 86.7 Å². The summed E-state index contributed by atoms with van der Waals surface area (Å²) in [5, 5.41) is 11.3. The number of amides is 2. The molecular formula is C17H22N2O4. The lowest BCUT2D eigenvalue weighted by atomic mass is 10.1. The number of carboxylic acids is 1. The normalized spacial score (nSPS) is 17.3. The molecule has 0 spiro atoms. The largest absolute Gasteiger partial charge is 0.481 e. The number of carbonyl (C=O) groups is 3. The number of aryl methyl sites for hydroxylation is 1. The zero-order chi connectivity index (χ0) is 16.8. The van der Waals surface area contributed by atoms with Crippen LogP contribution in [0.3, 0.4) is 0 Å². The van der Waals surface area contributed by atoms with Crippen LogP contribution in [0.1, 0.15) is 30.4 Å². The predicted molar refractivity (Wildman–Crippen MR) is 84.6 cm³/mol. The molecule has 1 atom stereocenters. The van der Waals surface area contributed by atoms with Crippen LogP contribution < -0.4 is 5.32 Å². The third kappa shape index (κ3) is 5.09. The first kappa shape index (κ1) is 17.0. The van der Waals surface area contributed by atoms with Gasteiger partial charge in [0.25, 0.3) is 0 Å². The van der Waals surface area contributed by atoms with E-state index in [0.29, 0.717) is 26.1 Å². The van der Waals surface area contributed by atoms with Gasteiger partial charge in [-0.1, -0.05) is 29.8 Å². The third-order valence-corrected chi connectivity index (χ3v) is 3.95. The van der Waals surface area contributed by atoms with Crippen molar-refractivity contribution in [2.75, 3.05) is 13.1 Å². The SMILES string of the molecule is Cc1ccc(CN2CC(C(=O)NCCCC(=O)O)CC2=O)cc1. The summed E-state index contributed by atoms with van der Waals surface area (Å²) in [6.07, 6.45) is 0.648. The van der Waals surface area contributed by atoms with E-state index in [2.05, 4.69) is 5.32 Å². The van der Waals surface area contributed by atoms with Crippen LogP contribution in [0, 0.1) is 12.8 Å². The molecule has 6 nitrogen and oxygen atoms in total. The molecule has 1 unspecified atom stereocenters. The first-order valence-electron chi connectivity index (χ1n) is 7.78. The third-order valence-electron chi connectivity index (χ3n) is 3.95. The molecule has 1 saturated heterocycles. The molecule has 6 heteroatoms. The van der Waals surface area contributed by atoms with E-state index in [1.54, 1.807) is 4.90 Å². The molecule has 0 bridgehead atoms. The van der Waals surface area contributed by atoms with Crippen molar-refractivity contribution in [3.8, 4) is 0 Å². The zero-order valence-corrected chi connectivity index (χ0v) is 13.2. The molecule has 0 aliphatic carbocycles. The minimum atomic E-state index is -0.875. The minimum absolute atomic E-state index is 0.0174. The van der Waals surface area contributed by atoms with E-state index in [0.717, 1.165) is 5.56 Å². The van der Waals surface area contributed by atoms with E-state index < -0.39 is 5.97 Å². The Kier molecular flexibility index (Phi) is 5.73. The Balaban J connectivity index is 1.80. The Morgan fingerprint density at radius 3 is 2.65 bits per heavy atom. The molecule has 1 aromatic rings. The van der Waals surface area contributed by atoms with E-state index in [1.165, 1.54) is 5.56 Å². The second kappa shape index (κ2) is 7.76. The fraction of sp³-hybridized carbons (Fsp3) is 0.471. The summed E-state index contributed by atoms with van der Waals surface area (Å²) in [6.45, 7) is 3.27. The Morgan fingerprint density at radius 1 is 1.30 bits per heavy atom. The van der Waals surface area contributed by atoms with Crippen molar-refractivity contribution in [3.05, 3.63) is 35.4 Å². The smallest absolute Gasteiger partial charge is 0.303 e. The van der Waals surface area contributed by atoms with Gasteiger partial charge < -0.3 is 15.3 Å². The number of carboxylic acid groups (broad SMARTS) is 1. The van der Waals surface area contributed by atoms with Crippen molar-refractivity contribution in [2.45, 2.75) is 32.7 Å². The number of likely N-dealkylation sites (tertiary alicyclic amines) is 1. The second-order valence-corrected chi connectivity index (χ2v) is 5.95. The van der Waals surface area contributed by atoms with E-state index >= 15 is 0 Å². The highest BCUT2D eigenvalue weighted by Crippen LogP contribution is 2.20. The van der Waals surface area contributed by atoms with Crippen molar-refractivity contribution in [2.24, 2.45) is 5.92 Å². The van der Waals surface area contributed by atoms with Gasteiger partial charge in [-0.05, 0) is 18.9 Å². The highest BCUT2D eigenvalue weighted by molar-refractivity contribution is 5.89. The fourth-order valence-electron chi connectivity index (χ4n) is 2.61. The second-order valence-electron chi connectivity index (χ2n) is 5.95. The first-order valence-corrected chi connectivity index (χ1v) is 7.78. The van der Waals surface area contributed by atoms with Gasteiger partial charge in [0.15, 0.2) is 0 Å². The predicted octanol–water partition coefficient (Wildman–Crippen LogP) is 1.32. The van der Waals surface area contributed by atoms with Gasteiger partial charge in [0, 0.05) is 32.5 Å². The number of hydrogen-bond acceptors (Lipinski definition) is 3. The summed E-state index contributed by atoms with van der Waals surface area (Å²) in [5.41, 5.74) is 2.21. The van der Waals surface area contributed by atoms with E-state index in [9.17, 15) is 14.4 Å². The molecule has 2 N–H and O–H groups in total. The minimum Gasteiger partial charge on any atom is -0.481 e. The molecule has 0 radical (unpaired) electrons. The van der Waals surface area contributed by atoms with Crippen LogP contribution in [0.4, 0.5) is 0 Å². The molecule has 2 rings (SSSR count). The summed E-state index contributed by atoms with van der Waals surface area (Å²) in [4.78, 5) is 36.2. The van der Waals surface area contributed by atoms with Gasteiger partial charge in [-0.2, -0.15) is 0 Å². The van der Waals surface area contributed by atoms with Gasteiger partial charge >= 0.3 is 5.97 Å². The Morgan fingerprint density at radius 2 is 2.00 bits per heavy atom. The van der Waals surface area contributed by atoms with Crippen LogP contribution in [0.5, 0.6) is 0 Å². The van der Waals surface area contributed by atoms with Crippen molar-refractivity contribution >= 4 is 17.8 Å². The van der Waals surface area contributed by atoms with Crippen molar-refractivity contribution in [3.63, 3.8) is 0 Å². The fourth-order valence-corrected chi connectivity index (χ4v) is 2.61. The number of nitrogens with zero attached hydrogens (tertiary/aromatic N) is 1. The van der Waals surface area contributed by atoms with Crippen LogP contribution >= 0.6 is 0 Å². The van der Waals surface area contributed by atoms with Gasteiger partial charge in [0.1, 0.15) is 0 Å². The van der Waals surface area contributed by atoms with E-state index in [1.807, 2.05) is 31.2 Å². The number of carbonyl (C=O) groups excluding carboxylic acids is 2. The summed E-state index contributed by atoms with van der Waals surface area (Å²) in [5.74, 6) is -1.41. The summed E-state index contributed by atoms with van der Waals surface area (Å²) >= 11 is 0. The number of rotatable bonds is 7. The van der Waals surface area contributed by atoms with Crippen molar-refractivity contribution in [1.29, 1.82) is 0 Å². The summed E-state index contributed by atoms with van der Waals surface area (Å²) in [7, 11) is 0. The average Bonchev–Trinajstić information content (AvgIpc) is 2.87. The lowest BCUT2D eigenvalue weighted by Gasteiger charge is -2.17. The molecule has 124 valence electrons. The van der Waals surface area contributed by atoms with Crippen LogP contribution in [0.25, 0.3) is 0 Å². The van der Waals surface area contributed by atoms with Crippen LogP contribution in [-0.4, -0.2) is 40.9 Å². The van der Waals surface area contributed by atoms with Crippen LogP contribution in [-0.2, 0) is 20.9 Å². The molecule has 1 aliphatic rings. The number of aliphatic carboxylic acids is 1. The molecule has 2 amide bonds. The number of nitrogens with one attached hydrogen (secondary N) is 1. The summed E-state index contributed by atoms with van der Waals surface area (Å²) in [6, 6.07) is 7.98. The Bertz CT molecular complexity index is 583. The van der Waals surface area contributed by atoms with Crippen molar-refractivity contribution < 1.29 is 19.5 Å². The number of hydrogen-bond donors (Lipinski definition) is 2. The highest BCUT2D eigenvalue weighted by Gasteiger charge is 2.33. The molecule has 23 heavy (non-hydrogen) atoms. The number of benzene rings is 1. The van der Waals surface area contributed by atoms with Gasteiger partial charge in [-0.25, -0.2) is 0 Å². The standard InChI is InChI=1S/C17H22N2O4/c1-12-4-6-13(7-5-12)10-19-11-14(9-15(19)20)17(23)18-8-2-3-16(21)22/h4-7,14H,2-3,8-11H2,1H3,(H,18,23)(H,21,22). The lowest BCUT2D eigenvalue weighted by Crippen LogP contribution is -2.33. The first-order chi connectivity index (χ1) is 11.0. The van der Waals surface area contributed by atoms with Gasteiger partial charge in [-0.3, -0.25) is 14.4 Å². The molecule has 0 aromatic heterocycles. The molecule has 1 aromatic carbocycles. The van der Waals surface area contributed by atoms with E-state index in [-0.39, 0.29) is 30.6 Å².